The molecule has 0 aliphatic rings. The molecule has 0 rings (SSSR count). The van der Waals surface area contributed by atoms with Crippen LogP contribution in [0.1, 0.15) is 20.3 Å². The summed E-state index contributed by atoms with van der Waals surface area (Å²) >= 11 is 0. The highest BCUT2D eigenvalue weighted by Crippen LogP contribution is 2.12. The molecule has 0 unspecified atom stereocenters. The number of hydrogen-bond donors (Lipinski definition) is 1. The Hall–Kier alpha value is -0.500. The SMILES string of the molecule is C=COC(C)(C)CCO. The summed E-state index contributed by atoms with van der Waals surface area (Å²) in [5.74, 6) is 0. The Morgan fingerprint density at radius 1 is 1.67 bits per heavy atom. The third-order valence-corrected chi connectivity index (χ3v) is 1.12. The van der Waals surface area contributed by atoms with Crippen LogP contribution >= 0.6 is 0 Å². The molecule has 0 atom stereocenters. The number of hydrogen-bond acceptors (Lipinski definition) is 2. The van der Waals surface area contributed by atoms with E-state index < -0.39 is 0 Å². The molecule has 2 heteroatoms. The summed E-state index contributed by atoms with van der Waals surface area (Å²) in [6, 6.07) is 0. The normalized spacial score (nSPS) is 11.0. The first-order valence-electron chi connectivity index (χ1n) is 3.02. The molecular formula is C7H14O2. The van der Waals surface area contributed by atoms with Crippen LogP contribution in [0.25, 0.3) is 0 Å². The molecule has 0 aromatic rings. The van der Waals surface area contributed by atoms with Crippen LogP contribution in [0, 0.1) is 0 Å². The first-order valence-corrected chi connectivity index (χ1v) is 3.02. The van der Waals surface area contributed by atoms with Crippen LogP contribution in [-0.4, -0.2) is 17.3 Å². The van der Waals surface area contributed by atoms with Gasteiger partial charge in [-0.3, -0.25) is 0 Å². The zero-order valence-corrected chi connectivity index (χ0v) is 6.05. The molecule has 0 radical (unpaired) electrons. The summed E-state index contributed by atoms with van der Waals surface area (Å²) in [6.07, 6.45) is 2.04. The van der Waals surface area contributed by atoms with Crippen LogP contribution in [0.5, 0.6) is 0 Å². The van der Waals surface area contributed by atoms with Crippen LogP contribution in [0.15, 0.2) is 12.8 Å². The van der Waals surface area contributed by atoms with Crippen molar-refractivity contribution in [3.05, 3.63) is 12.8 Å². The summed E-state index contributed by atoms with van der Waals surface area (Å²) in [6.45, 7) is 7.39. The minimum absolute atomic E-state index is 0.154. The molecule has 1 N–H and O–H groups in total. The fraction of sp³-hybridized carbons (Fsp3) is 0.714. The molecule has 54 valence electrons. The van der Waals surface area contributed by atoms with Crippen molar-refractivity contribution < 1.29 is 9.84 Å². The highest BCUT2D eigenvalue weighted by molar-refractivity contribution is 4.70. The Balaban J connectivity index is 3.55. The summed E-state index contributed by atoms with van der Waals surface area (Å²) in [7, 11) is 0. The van der Waals surface area contributed by atoms with E-state index in [1.54, 1.807) is 0 Å². The van der Waals surface area contributed by atoms with Crippen LogP contribution in [0.2, 0.25) is 0 Å². The Morgan fingerprint density at radius 3 is 2.56 bits per heavy atom. The highest BCUT2D eigenvalue weighted by Gasteiger charge is 2.15. The molecule has 0 heterocycles. The van der Waals surface area contributed by atoms with Gasteiger partial charge in [-0.15, -0.1) is 0 Å². The van der Waals surface area contributed by atoms with E-state index in [9.17, 15) is 0 Å². The van der Waals surface area contributed by atoms with Gasteiger partial charge in [0.05, 0.1) is 6.26 Å². The van der Waals surface area contributed by atoms with Gasteiger partial charge in [0.1, 0.15) is 5.60 Å². The van der Waals surface area contributed by atoms with Gasteiger partial charge in [-0.25, -0.2) is 0 Å². The highest BCUT2D eigenvalue weighted by atomic mass is 16.5. The fourth-order valence-corrected chi connectivity index (χ4v) is 0.554. The van der Waals surface area contributed by atoms with E-state index in [1.165, 1.54) is 6.26 Å². The standard InChI is InChI=1S/C7H14O2/c1-4-9-7(2,3)5-6-8/h4,8H,1,5-6H2,2-3H3. The van der Waals surface area contributed by atoms with Crippen molar-refractivity contribution in [1.82, 2.24) is 0 Å². The lowest BCUT2D eigenvalue weighted by Crippen LogP contribution is -2.22. The summed E-state index contributed by atoms with van der Waals surface area (Å²) in [5.41, 5.74) is -0.267. The Bertz CT molecular complexity index is 86.9. The predicted octanol–water partition coefficient (Wildman–Crippen LogP) is 1.31. The van der Waals surface area contributed by atoms with Gasteiger partial charge >= 0.3 is 0 Å². The topological polar surface area (TPSA) is 29.5 Å². The second kappa shape index (κ2) is 3.51. The molecule has 0 bridgehead atoms. The Labute approximate surface area is 56.1 Å². The maximum absolute atomic E-state index is 8.51. The molecule has 0 fully saturated rings. The number of aliphatic hydroxyl groups is 1. The minimum atomic E-state index is -0.267. The van der Waals surface area contributed by atoms with Gasteiger partial charge in [-0.1, -0.05) is 6.58 Å². The molecule has 0 aromatic carbocycles. The zero-order valence-electron chi connectivity index (χ0n) is 6.05. The minimum Gasteiger partial charge on any atom is -0.496 e. The first kappa shape index (κ1) is 8.50. The summed E-state index contributed by atoms with van der Waals surface area (Å²) < 4.78 is 5.07. The number of ether oxygens (including phenoxy) is 1. The van der Waals surface area contributed by atoms with E-state index in [4.69, 9.17) is 9.84 Å². The largest absolute Gasteiger partial charge is 0.496 e. The third-order valence-electron chi connectivity index (χ3n) is 1.12. The van der Waals surface area contributed by atoms with Crippen LogP contribution in [0.4, 0.5) is 0 Å². The van der Waals surface area contributed by atoms with Crippen molar-refractivity contribution in [2.45, 2.75) is 25.9 Å². The smallest absolute Gasteiger partial charge is 0.105 e. The molecule has 0 aromatic heterocycles. The van der Waals surface area contributed by atoms with Gasteiger partial charge in [-0.2, -0.15) is 0 Å². The maximum atomic E-state index is 8.51. The predicted molar refractivity (Wildman–Crippen MR) is 37.1 cm³/mol. The molecule has 0 aliphatic carbocycles. The van der Waals surface area contributed by atoms with Crippen molar-refractivity contribution in [3.63, 3.8) is 0 Å². The second-order valence-corrected chi connectivity index (χ2v) is 2.52. The molecule has 0 amide bonds. The van der Waals surface area contributed by atoms with Crippen LogP contribution in [0.3, 0.4) is 0 Å². The van der Waals surface area contributed by atoms with E-state index in [0.717, 1.165) is 0 Å². The number of rotatable bonds is 4. The van der Waals surface area contributed by atoms with Gasteiger partial charge in [0.25, 0.3) is 0 Å². The molecule has 0 aliphatic heterocycles. The second-order valence-electron chi connectivity index (χ2n) is 2.52. The van der Waals surface area contributed by atoms with E-state index in [1.807, 2.05) is 13.8 Å². The van der Waals surface area contributed by atoms with Crippen LogP contribution < -0.4 is 0 Å². The summed E-state index contributed by atoms with van der Waals surface area (Å²) in [4.78, 5) is 0. The Kier molecular flexibility index (Phi) is 3.32. The first-order chi connectivity index (χ1) is 4.12. The third kappa shape index (κ3) is 4.03. The van der Waals surface area contributed by atoms with Gasteiger partial charge in [0.2, 0.25) is 0 Å². The van der Waals surface area contributed by atoms with Gasteiger partial charge in [0, 0.05) is 13.0 Å². The molecule has 0 saturated carbocycles. The van der Waals surface area contributed by atoms with E-state index in [-0.39, 0.29) is 12.2 Å². The molecule has 0 spiro atoms. The van der Waals surface area contributed by atoms with Gasteiger partial charge in [0.15, 0.2) is 0 Å². The average molecular weight is 130 g/mol. The van der Waals surface area contributed by atoms with E-state index >= 15 is 0 Å². The lowest BCUT2D eigenvalue weighted by Gasteiger charge is -2.22. The van der Waals surface area contributed by atoms with E-state index in [2.05, 4.69) is 6.58 Å². The molecular weight excluding hydrogens is 116 g/mol. The fourth-order valence-electron chi connectivity index (χ4n) is 0.554. The van der Waals surface area contributed by atoms with Crippen molar-refractivity contribution in [3.8, 4) is 0 Å². The van der Waals surface area contributed by atoms with Crippen molar-refractivity contribution in [2.75, 3.05) is 6.61 Å². The maximum Gasteiger partial charge on any atom is 0.105 e. The molecule has 0 saturated heterocycles. The van der Waals surface area contributed by atoms with E-state index in [0.29, 0.717) is 6.42 Å². The Morgan fingerprint density at radius 2 is 2.22 bits per heavy atom. The molecule has 2 nitrogen and oxygen atoms in total. The zero-order chi connectivity index (χ0) is 7.33. The quantitative estimate of drug-likeness (QED) is 0.581. The van der Waals surface area contributed by atoms with Gasteiger partial charge in [-0.05, 0) is 13.8 Å². The van der Waals surface area contributed by atoms with Crippen molar-refractivity contribution >= 4 is 0 Å². The summed E-state index contributed by atoms with van der Waals surface area (Å²) in [5, 5.41) is 8.51. The van der Waals surface area contributed by atoms with Gasteiger partial charge < -0.3 is 9.84 Å². The monoisotopic (exact) mass is 130 g/mol. The lowest BCUT2D eigenvalue weighted by atomic mass is 10.1. The average Bonchev–Trinajstić information content (AvgIpc) is 1.64. The molecule has 9 heavy (non-hydrogen) atoms. The number of aliphatic hydroxyl groups excluding tert-OH is 1. The van der Waals surface area contributed by atoms with Crippen molar-refractivity contribution in [1.29, 1.82) is 0 Å². The van der Waals surface area contributed by atoms with Crippen molar-refractivity contribution in [2.24, 2.45) is 0 Å². The van der Waals surface area contributed by atoms with Crippen LogP contribution in [-0.2, 0) is 4.74 Å². The lowest BCUT2D eigenvalue weighted by molar-refractivity contribution is 0.0339.